The highest BCUT2D eigenvalue weighted by Gasteiger charge is 2.05. The van der Waals surface area contributed by atoms with Gasteiger partial charge in [-0.1, -0.05) is 42.0 Å². The van der Waals surface area contributed by atoms with E-state index in [0.29, 0.717) is 13.1 Å². The summed E-state index contributed by atoms with van der Waals surface area (Å²) in [5, 5.41) is 10.3. The molecular formula is C22H26N4O. The molecule has 1 heterocycles. The van der Waals surface area contributed by atoms with E-state index >= 15 is 0 Å². The summed E-state index contributed by atoms with van der Waals surface area (Å²) in [5.74, 6) is 0. The van der Waals surface area contributed by atoms with Gasteiger partial charge in [-0.3, -0.25) is 4.68 Å². The van der Waals surface area contributed by atoms with Gasteiger partial charge in [0.1, 0.15) is 0 Å². The monoisotopic (exact) mass is 362 g/mol. The van der Waals surface area contributed by atoms with Crippen LogP contribution in [0.5, 0.6) is 0 Å². The minimum atomic E-state index is -0.189. The number of nitrogens with zero attached hydrogens (tertiary/aromatic N) is 2. The third-order valence-corrected chi connectivity index (χ3v) is 4.40. The number of urea groups is 1. The molecule has 0 saturated heterocycles. The molecule has 0 unspecified atom stereocenters. The lowest BCUT2D eigenvalue weighted by molar-refractivity contribution is 0.252. The average Bonchev–Trinajstić information content (AvgIpc) is 2.92. The molecule has 0 aliphatic carbocycles. The molecule has 140 valence electrons. The van der Waals surface area contributed by atoms with Crippen molar-refractivity contribution in [3.8, 4) is 0 Å². The Morgan fingerprint density at radius 1 is 1.00 bits per heavy atom. The first-order valence-electron chi connectivity index (χ1n) is 9.20. The van der Waals surface area contributed by atoms with Gasteiger partial charge < -0.3 is 10.6 Å². The molecule has 0 atom stereocenters. The quantitative estimate of drug-likeness (QED) is 0.690. The van der Waals surface area contributed by atoms with Crippen molar-refractivity contribution >= 4 is 11.7 Å². The largest absolute Gasteiger partial charge is 0.338 e. The number of amides is 2. The van der Waals surface area contributed by atoms with Crippen LogP contribution in [-0.4, -0.2) is 22.4 Å². The van der Waals surface area contributed by atoms with Crippen LogP contribution in [-0.2, 0) is 13.0 Å². The first-order valence-corrected chi connectivity index (χ1v) is 9.20. The predicted octanol–water partition coefficient (Wildman–Crippen LogP) is 4.22. The second-order valence-corrected chi connectivity index (χ2v) is 6.91. The van der Waals surface area contributed by atoms with Crippen molar-refractivity contribution in [2.75, 3.05) is 11.9 Å². The molecule has 5 nitrogen and oxygen atoms in total. The molecule has 0 radical (unpaired) electrons. The summed E-state index contributed by atoms with van der Waals surface area (Å²) in [6, 6.07) is 18.1. The maximum atomic E-state index is 12.2. The molecule has 3 aromatic rings. The molecule has 0 fully saturated rings. The third-order valence-electron chi connectivity index (χ3n) is 4.40. The van der Waals surface area contributed by atoms with Crippen molar-refractivity contribution < 1.29 is 4.79 Å². The van der Waals surface area contributed by atoms with Gasteiger partial charge in [-0.25, -0.2) is 4.79 Å². The van der Waals surface area contributed by atoms with Gasteiger partial charge in [0, 0.05) is 17.9 Å². The van der Waals surface area contributed by atoms with Crippen LogP contribution in [0.25, 0.3) is 0 Å². The number of hydrogen-bond acceptors (Lipinski definition) is 2. The number of aryl methyl sites for hydroxylation is 3. The number of carbonyl (C=O) groups is 1. The van der Waals surface area contributed by atoms with E-state index in [9.17, 15) is 4.79 Å². The summed E-state index contributed by atoms with van der Waals surface area (Å²) in [6.07, 6.45) is 0.813. The van der Waals surface area contributed by atoms with Crippen LogP contribution in [0.15, 0.2) is 54.6 Å². The normalized spacial score (nSPS) is 10.6. The third kappa shape index (κ3) is 5.45. The van der Waals surface area contributed by atoms with Crippen LogP contribution in [0.1, 0.15) is 28.1 Å². The summed E-state index contributed by atoms with van der Waals surface area (Å²) < 4.78 is 1.97. The Bertz CT molecular complexity index is 930. The Labute approximate surface area is 160 Å². The second-order valence-electron chi connectivity index (χ2n) is 6.91. The zero-order chi connectivity index (χ0) is 19.2. The fourth-order valence-corrected chi connectivity index (χ4v) is 3.12. The van der Waals surface area contributed by atoms with Gasteiger partial charge in [0.25, 0.3) is 0 Å². The summed E-state index contributed by atoms with van der Waals surface area (Å²) in [6.45, 7) is 7.39. The predicted molar refractivity (Wildman–Crippen MR) is 109 cm³/mol. The maximum absolute atomic E-state index is 12.2. The van der Waals surface area contributed by atoms with E-state index < -0.39 is 0 Å². The summed E-state index contributed by atoms with van der Waals surface area (Å²) in [5.41, 5.74) is 6.47. The lowest BCUT2D eigenvalue weighted by Crippen LogP contribution is -2.30. The maximum Gasteiger partial charge on any atom is 0.319 e. The number of rotatable bonds is 6. The Balaban J connectivity index is 1.52. The number of anilines is 1. The van der Waals surface area contributed by atoms with Crippen molar-refractivity contribution in [2.24, 2.45) is 0 Å². The van der Waals surface area contributed by atoms with Crippen LogP contribution in [0, 0.1) is 20.8 Å². The fourth-order valence-electron chi connectivity index (χ4n) is 3.12. The highest BCUT2D eigenvalue weighted by Crippen LogP contribution is 2.13. The first-order chi connectivity index (χ1) is 13.0. The molecule has 0 aliphatic heterocycles. The highest BCUT2D eigenvalue weighted by molar-refractivity contribution is 5.89. The van der Waals surface area contributed by atoms with Crippen molar-refractivity contribution in [3.63, 3.8) is 0 Å². The molecule has 1 aromatic heterocycles. The summed E-state index contributed by atoms with van der Waals surface area (Å²) in [4.78, 5) is 12.2. The van der Waals surface area contributed by atoms with E-state index in [1.54, 1.807) is 0 Å². The standard InChI is InChI=1S/C22H26N4O/c1-16-6-4-7-19(12-16)10-11-23-22(27)24-21-9-5-8-20(14-21)15-26-18(3)13-17(2)25-26/h4-9,12-14H,10-11,15H2,1-3H3,(H2,23,24,27). The number of hydrogen-bond donors (Lipinski definition) is 2. The highest BCUT2D eigenvalue weighted by atomic mass is 16.2. The van der Waals surface area contributed by atoms with Crippen molar-refractivity contribution in [1.82, 2.24) is 15.1 Å². The lowest BCUT2D eigenvalue weighted by atomic mass is 10.1. The van der Waals surface area contributed by atoms with Gasteiger partial charge in [-0.15, -0.1) is 0 Å². The minimum absolute atomic E-state index is 0.189. The van der Waals surface area contributed by atoms with E-state index in [4.69, 9.17) is 0 Å². The average molecular weight is 362 g/mol. The molecule has 2 N–H and O–H groups in total. The summed E-state index contributed by atoms with van der Waals surface area (Å²) >= 11 is 0. The van der Waals surface area contributed by atoms with Crippen LogP contribution < -0.4 is 10.6 Å². The van der Waals surface area contributed by atoms with E-state index in [0.717, 1.165) is 29.1 Å². The zero-order valence-electron chi connectivity index (χ0n) is 16.1. The molecule has 2 aromatic carbocycles. The number of carbonyl (C=O) groups excluding carboxylic acids is 1. The number of benzene rings is 2. The number of aromatic nitrogens is 2. The number of nitrogens with one attached hydrogen (secondary N) is 2. The summed E-state index contributed by atoms with van der Waals surface area (Å²) in [7, 11) is 0. The van der Waals surface area contributed by atoms with E-state index in [1.807, 2.05) is 48.9 Å². The molecular weight excluding hydrogens is 336 g/mol. The molecule has 5 heteroatoms. The van der Waals surface area contributed by atoms with Crippen LogP contribution >= 0.6 is 0 Å². The van der Waals surface area contributed by atoms with Crippen molar-refractivity contribution in [1.29, 1.82) is 0 Å². The van der Waals surface area contributed by atoms with Crippen LogP contribution in [0.3, 0.4) is 0 Å². The van der Waals surface area contributed by atoms with E-state index in [2.05, 4.69) is 46.9 Å². The van der Waals surface area contributed by atoms with Crippen LogP contribution in [0.2, 0.25) is 0 Å². The smallest absolute Gasteiger partial charge is 0.319 e. The van der Waals surface area contributed by atoms with Gasteiger partial charge in [-0.2, -0.15) is 5.10 Å². The van der Waals surface area contributed by atoms with E-state index in [1.165, 1.54) is 11.1 Å². The van der Waals surface area contributed by atoms with Crippen molar-refractivity contribution in [3.05, 3.63) is 82.7 Å². The Morgan fingerprint density at radius 2 is 1.78 bits per heavy atom. The molecule has 0 spiro atoms. The SMILES string of the molecule is Cc1cccc(CCNC(=O)Nc2cccc(Cn3nc(C)cc3C)c2)c1. The van der Waals surface area contributed by atoms with Crippen molar-refractivity contribution in [2.45, 2.75) is 33.7 Å². The first kappa shape index (κ1) is 18.7. The minimum Gasteiger partial charge on any atom is -0.338 e. The zero-order valence-corrected chi connectivity index (χ0v) is 16.1. The molecule has 27 heavy (non-hydrogen) atoms. The molecule has 0 aliphatic rings. The topological polar surface area (TPSA) is 59.0 Å². The molecule has 2 amide bonds. The molecule has 0 bridgehead atoms. The second kappa shape index (κ2) is 8.54. The van der Waals surface area contributed by atoms with Gasteiger partial charge in [0.05, 0.1) is 12.2 Å². The van der Waals surface area contributed by atoms with Gasteiger partial charge in [0.2, 0.25) is 0 Å². The van der Waals surface area contributed by atoms with Crippen LogP contribution in [0.4, 0.5) is 10.5 Å². The molecule has 0 saturated carbocycles. The fraction of sp³-hybridized carbons (Fsp3) is 0.273. The van der Waals surface area contributed by atoms with Gasteiger partial charge >= 0.3 is 6.03 Å². The van der Waals surface area contributed by atoms with Gasteiger partial charge in [-0.05, 0) is 56.5 Å². The Hall–Kier alpha value is -3.08. The lowest BCUT2D eigenvalue weighted by Gasteiger charge is -2.10. The Morgan fingerprint density at radius 3 is 2.52 bits per heavy atom. The molecule has 3 rings (SSSR count). The van der Waals surface area contributed by atoms with E-state index in [-0.39, 0.29) is 6.03 Å². The van der Waals surface area contributed by atoms with Gasteiger partial charge in [0.15, 0.2) is 0 Å². The Kier molecular flexibility index (Phi) is 5.91.